The van der Waals surface area contributed by atoms with Crippen molar-refractivity contribution >= 4 is 49.7 Å². The zero-order valence-corrected chi connectivity index (χ0v) is 34.3. The van der Waals surface area contributed by atoms with Crippen LogP contribution < -0.4 is 21.6 Å². The van der Waals surface area contributed by atoms with Gasteiger partial charge in [-0.15, -0.1) is 0 Å². The molecule has 6 rings (SSSR count). The molecule has 0 bridgehead atoms. The highest BCUT2D eigenvalue weighted by atomic mass is 32.2. The van der Waals surface area contributed by atoms with E-state index < -0.39 is 94.2 Å². The first kappa shape index (κ1) is 43.1. The van der Waals surface area contributed by atoms with E-state index in [-0.39, 0.29) is 0 Å². The molecule has 0 spiro atoms. The summed E-state index contributed by atoms with van der Waals surface area (Å²) in [6, 6.07) is 31.7. The summed E-state index contributed by atoms with van der Waals surface area (Å²) < 4.78 is 124. The maximum Gasteiger partial charge on any atom is 0.523 e. The minimum atomic E-state index is -6.47. The monoisotopic (exact) mass is 862 g/mol. The summed E-state index contributed by atoms with van der Waals surface area (Å²) in [5.41, 5.74) is -9.91. The highest BCUT2D eigenvalue weighted by Crippen LogP contribution is 2.46. The van der Waals surface area contributed by atoms with Gasteiger partial charge >= 0.3 is 21.3 Å². The number of aromatic amines is 1. The maximum absolute atomic E-state index is 14.1. The van der Waals surface area contributed by atoms with E-state index in [0.29, 0.717) is 10.1 Å². The second-order valence-corrected chi connectivity index (χ2v) is 22.4. The molecule has 0 radical (unpaired) electrons. The topological polar surface area (TPSA) is 169 Å². The lowest BCUT2D eigenvalue weighted by atomic mass is 9.96. The molecule has 0 aliphatic carbocycles. The highest BCUT2D eigenvalue weighted by Gasteiger charge is 2.63. The van der Waals surface area contributed by atoms with Crippen LogP contribution in [0, 0.1) is 0 Å². The van der Waals surface area contributed by atoms with Gasteiger partial charge in [0.1, 0.15) is 18.3 Å². The van der Waals surface area contributed by atoms with E-state index in [1.165, 1.54) is 0 Å². The molecule has 58 heavy (non-hydrogen) atoms. The summed E-state index contributed by atoms with van der Waals surface area (Å²) in [5.74, 6) is 0. The Balaban J connectivity index is 1.58. The first-order valence-electron chi connectivity index (χ1n) is 17.8. The molecule has 2 heterocycles. The number of fused-ring (bicyclic) bond motifs is 1. The van der Waals surface area contributed by atoms with E-state index in [0.717, 1.165) is 39.7 Å². The second-order valence-electron chi connectivity index (χ2n) is 14.9. The van der Waals surface area contributed by atoms with Gasteiger partial charge in [-0.25, -0.2) is 4.79 Å². The minimum Gasteiger partial charge on any atom is -0.404 e. The summed E-state index contributed by atoms with van der Waals surface area (Å²) in [6.45, 7) is 3.70. The summed E-state index contributed by atoms with van der Waals surface area (Å²) in [4.78, 5) is 27.4. The van der Waals surface area contributed by atoms with Crippen molar-refractivity contribution < 1.29 is 52.3 Å². The van der Waals surface area contributed by atoms with Gasteiger partial charge < -0.3 is 13.9 Å². The summed E-state index contributed by atoms with van der Waals surface area (Å²) >= 11 is 0. The summed E-state index contributed by atoms with van der Waals surface area (Å²) in [5, 5.41) is 2.43. The van der Waals surface area contributed by atoms with Gasteiger partial charge in [0.2, 0.25) is 0 Å². The molecule has 1 fully saturated rings. The fourth-order valence-corrected chi connectivity index (χ4v) is 12.8. The smallest absolute Gasteiger partial charge is 0.404 e. The summed E-state index contributed by atoms with van der Waals surface area (Å²) in [7, 11) is -14.4. The molecule has 0 amide bonds. The van der Waals surface area contributed by atoms with Crippen molar-refractivity contribution in [1.29, 1.82) is 0 Å². The largest absolute Gasteiger partial charge is 0.523 e. The first-order valence-corrected chi connectivity index (χ1v) is 23.0. The number of nitrogens with zero attached hydrogens (tertiary/aromatic N) is 1. The highest BCUT2D eigenvalue weighted by molar-refractivity contribution is 7.87. The van der Waals surface area contributed by atoms with E-state index in [2.05, 4.69) is 0 Å². The molecule has 4 aromatic carbocycles. The van der Waals surface area contributed by atoms with Gasteiger partial charge in [-0.1, -0.05) is 118 Å². The lowest BCUT2D eigenvalue weighted by Crippen LogP contribution is -2.68. The van der Waals surface area contributed by atoms with Crippen LogP contribution in [-0.2, 0) is 49.1 Å². The fourth-order valence-electron chi connectivity index (χ4n) is 7.20. The Morgan fingerprint density at radius 2 is 1.40 bits per heavy atom. The normalized spacial score (nSPS) is 20.7. The van der Waals surface area contributed by atoms with Gasteiger partial charge in [0.05, 0.1) is 19.5 Å². The molecule has 5 aromatic rings. The molecule has 4 atom stereocenters. The van der Waals surface area contributed by atoms with Crippen LogP contribution in [0.15, 0.2) is 125 Å². The Labute approximate surface area is 333 Å². The Kier molecular flexibility index (Phi) is 12.1. The molecular weight excluding hydrogens is 822 g/mol. The zero-order valence-electron chi connectivity index (χ0n) is 31.7. The lowest BCUT2D eigenvalue weighted by Gasteiger charge is -2.45. The SMILES string of the molecule is CC(C)(C)[Si](OC[C@@]1(COS(C)(=O)=O)O[C@@H](n2ccc(=O)[nH]c2=O)[C@H](OS(=O)(=O)C(F)(F)F)[C@@H]1OCc1ccc2ccccc2c1)(c1ccccc1)c1ccccc1. The molecule has 1 aliphatic heterocycles. The van der Waals surface area contributed by atoms with Crippen molar-refractivity contribution in [2.75, 3.05) is 19.5 Å². The van der Waals surface area contributed by atoms with Crippen LogP contribution in [0.5, 0.6) is 0 Å². The number of aromatic nitrogens is 2. The fraction of sp³-hybridized carbons (Fsp3) is 0.333. The quantitative estimate of drug-likeness (QED) is 0.0959. The van der Waals surface area contributed by atoms with Gasteiger partial charge in [0, 0.05) is 12.3 Å². The van der Waals surface area contributed by atoms with E-state index in [4.69, 9.17) is 22.3 Å². The van der Waals surface area contributed by atoms with Crippen LogP contribution in [0.2, 0.25) is 5.04 Å². The number of hydrogen-bond donors (Lipinski definition) is 1. The molecule has 1 aromatic heterocycles. The van der Waals surface area contributed by atoms with E-state index in [1.54, 1.807) is 24.3 Å². The van der Waals surface area contributed by atoms with Crippen LogP contribution in [0.3, 0.4) is 0 Å². The molecular formula is C39H41F3N2O11S2Si. The van der Waals surface area contributed by atoms with Crippen molar-refractivity contribution in [3.05, 3.63) is 142 Å². The predicted molar refractivity (Wildman–Crippen MR) is 211 cm³/mol. The van der Waals surface area contributed by atoms with Gasteiger partial charge in [-0.05, 0) is 37.8 Å². The average molecular weight is 863 g/mol. The zero-order chi connectivity index (χ0) is 42.1. The van der Waals surface area contributed by atoms with Crippen LogP contribution in [-0.4, -0.2) is 77.5 Å². The van der Waals surface area contributed by atoms with Gasteiger partial charge in [-0.3, -0.25) is 22.7 Å². The van der Waals surface area contributed by atoms with Crippen molar-refractivity contribution in [2.45, 2.75) is 62.0 Å². The Morgan fingerprint density at radius 3 is 1.95 bits per heavy atom. The molecule has 13 nitrogen and oxygen atoms in total. The number of H-pyrrole nitrogens is 1. The van der Waals surface area contributed by atoms with Crippen molar-refractivity contribution in [3.8, 4) is 0 Å². The molecule has 1 aliphatic rings. The molecule has 19 heteroatoms. The third-order valence-electron chi connectivity index (χ3n) is 9.81. The molecule has 1 saturated heterocycles. The number of nitrogens with one attached hydrogen (secondary N) is 1. The van der Waals surface area contributed by atoms with Crippen molar-refractivity contribution in [2.24, 2.45) is 0 Å². The van der Waals surface area contributed by atoms with Gasteiger partial charge in [-0.2, -0.15) is 30.0 Å². The maximum atomic E-state index is 14.1. The number of hydrogen-bond acceptors (Lipinski definition) is 11. The number of alkyl halides is 3. The summed E-state index contributed by atoms with van der Waals surface area (Å²) in [6.07, 6.45) is -4.83. The second kappa shape index (κ2) is 16.3. The van der Waals surface area contributed by atoms with Gasteiger partial charge in [0.25, 0.3) is 24.0 Å². The van der Waals surface area contributed by atoms with Crippen LogP contribution in [0.1, 0.15) is 32.6 Å². The van der Waals surface area contributed by atoms with Gasteiger partial charge in [0.15, 0.2) is 12.3 Å². The molecule has 0 unspecified atom stereocenters. The molecule has 310 valence electrons. The molecule has 0 saturated carbocycles. The first-order chi connectivity index (χ1) is 27.2. The average Bonchev–Trinajstić information content (AvgIpc) is 3.44. The van der Waals surface area contributed by atoms with Crippen LogP contribution >= 0.6 is 0 Å². The number of rotatable bonds is 14. The van der Waals surface area contributed by atoms with E-state index in [9.17, 15) is 39.6 Å². The van der Waals surface area contributed by atoms with Crippen molar-refractivity contribution in [3.63, 3.8) is 0 Å². The standard InChI is InChI=1S/C39H41F3N2O11S2Si/c1-37(2,3)58(30-15-7-5-8-16-30,31-17-9-6-10-18-31)53-26-38(25-52-56(4,47)48)34(51-24-27-19-20-28-13-11-12-14-29(28)23-27)33(55-57(49,50)39(40,41)42)35(54-38)44-22-21-32(45)43-36(44)46/h5-23,33-35H,24-26H2,1-4H3,(H,43,45,46)/t33-,34+,35-,38-/m1/s1. The predicted octanol–water partition coefficient (Wildman–Crippen LogP) is 4.33. The van der Waals surface area contributed by atoms with Crippen LogP contribution in [0.4, 0.5) is 13.2 Å². The van der Waals surface area contributed by atoms with E-state index >= 15 is 0 Å². The Bertz CT molecular complexity index is 2550. The third kappa shape index (κ3) is 8.91. The van der Waals surface area contributed by atoms with Crippen LogP contribution in [0.25, 0.3) is 10.8 Å². The minimum absolute atomic E-state index is 0.405. The number of benzene rings is 4. The molecule has 1 N–H and O–H groups in total. The number of ether oxygens (including phenoxy) is 2. The number of halogens is 3. The lowest BCUT2D eigenvalue weighted by molar-refractivity contribution is -0.156. The van der Waals surface area contributed by atoms with E-state index in [1.807, 2.05) is 105 Å². The van der Waals surface area contributed by atoms with Crippen molar-refractivity contribution in [1.82, 2.24) is 9.55 Å². The Hall–Kier alpha value is -4.47. The Morgan fingerprint density at radius 1 is 0.810 bits per heavy atom. The third-order valence-corrected chi connectivity index (χ3v) is 16.4.